The van der Waals surface area contributed by atoms with Gasteiger partial charge in [0, 0.05) is 5.69 Å². The highest BCUT2D eigenvalue weighted by Crippen LogP contribution is 2.27. The van der Waals surface area contributed by atoms with Gasteiger partial charge in [-0.15, -0.1) is 0 Å². The number of carbonyl (C=O) groups excluding carboxylic acids is 3. The van der Waals surface area contributed by atoms with Crippen LogP contribution in [0.25, 0.3) is 0 Å². The summed E-state index contributed by atoms with van der Waals surface area (Å²) in [5.74, 6) is -0.962. The van der Waals surface area contributed by atoms with Crippen molar-refractivity contribution < 1.29 is 23.9 Å². The first-order valence-electron chi connectivity index (χ1n) is 9.39. The predicted molar refractivity (Wildman–Crippen MR) is 104 cm³/mol. The van der Waals surface area contributed by atoms with Crippen molar-refractivity contribution in [3.63, 3.8) is 0 Å². The molecule has 1 N–H and O–H groups in total. The number of hydrogen-bond donors (Lipinski definition) is 1. The fourth-order valence-electron chi connectivity index (χ4n) is 3.28. The third kappa shape index (κ3) is 4.76. The number of carbonyl (C=O) groups is 3. The fraction of sp³-hybridized carbons (Fsp3) is 0.318. The number of anilines is 1. The largest absolute Gasteiger partial charge is 0.465 e. The molecule has 0 heterocycles. The minimum Gasteiger partial charge on any atom is -0.465 e. The molecule has 1 aliphatic rings. The van der Waals surface area contributed by atoms with Crippen LogP contribution in [-0.2, 0) is 9.53 Å². The molecule has 0 spiro atoms. The number of para-hydroxylation sites is 1. The molecule has 0 aliphatic heterocycles. The van der Waals surface area contributed by atoms with E-state index in [9.17, 15) is 14.4 Å². The number of ether oxygens (including phenoxy) is 2. The molecule has 0 aromatic heterocycles. The quantitative estimate of drug-likeness (QED) is 0.620. The SMILES string of the molecule is COC(=O)c1ccc(NC(=O)c2ccccc2OC(=O)C2CCCCC2)cc1. The summed E-state index contributed by atoms with van der Waals surface area (Å²) >= 11 is 0. The summed E-state index contributed by atoms with van der Waals surface area (Å²) < 4.78 is 10.2. The average Bonchev–Trinajstić information content (AvgIpc) is 2.74. The molecule has 0 unspecified atom stereocenters. The summed E-state index contributed by atoms with van der Waals surface area (Å²) in [5, 5.41) is 2.75. The van der Waals surface area contributed by atoms with E-state index in [1.54, 1.807) is 48.5 Å². The lowest BCUT2D eigenvalue weighted by atomic mass is 9.89. The van der Waals surface area contributed by atoms with Gasteiger partial charge in [-0.25, -0.2) is 4.79 Å². The number of amides is 1. The molecule has 1 fully saturated rings. The van der Waals surface area contributed by atoms with E-state index in [0.717, 1.165) is 32.1 Å². The first-order chi connectivity index (χ1) is 13.6. The van der Waals surface area contributed by atoms with Gasteiger partial charge in [-0.3, -0.25) is 9.59 Å². The standard InChI is InChI=1S/C22H23NO5/c1-27-21(25)16-11-13-17(14-12-16)23-20(24)18-9-5-6-10-19(18)28-22(26)15-7-3-2-4-8-15/h5-6,9-15H,2-4,7-8H2,1H3,(H,23,24). The van der Waals surface area contributed by atoms with Gasteiger partial charge in [0.15, 0.2) is 0 Å². The normalized spacial score (nSPS) is 14.2. The van der Waals surface area contributed by atoms with E-state index < -0.39 is 11.9 Å². The maximum atomic E-state index is 12.7. The second-order valence-electron chi connectivity index (χ2n) is 6.78. The van der Waals surface area contributed by atoms with Crippen molar-refractivity contribution in [1.29, 1.82) is 0 Å². The molecule has 6 nitrogen and oxygen atoms in total. The van der Waals surface area contributed by atoms with Crippen molar-refractivity contribution in [2.45, 2.75) is 32.1 Å². The molecule has 0 atom stereocenters. The zero-order valence-electron chi connectivity index (χ0n) is 15.8. The summed E-state index contributed by atoms with van der Waals surface area (Å²) in [5.41, 5.74) is 1.19. The van der Waals surface area contributed by atoms with Crippen molar-refractivity contribution in [2.75, 3.05) is 12.4 Å². The van der Waals surface area contributed by atoms with Crippen LogP contribution in [0.1, 0.15) is 52.8 Å². The number of esters is 2. The second-order valence-corrected chi connectivity index (χ2v) is 6.78. The Labute approximate surface area is 163 Å². The Morgan fingerprint density at radius 2 is 1.61 bits per heavy atom. The maximum Gasteiger partial charge on any atom is 0.337 e. The summed E-state index contributed by atoms with van der Waals surface area (Å²) in [6.07, 6.45) is 4.88. The van der Waals surface area contributed by atoms with Gasteiger partial charge in [0.2, 0.25) is 0 Å². The number of benzene rings is 2. The van der Waals surface area contributed by atoms with E-state index >= 15 is 0 Å². The minimum absolute atomic E-state index is 0.101. The Morgan fingerprint density at radius 3 is 2.29 bits per heavy atom. The van der Waals surface area contributed by atoms with Crippen LogP contribution >= 0.6 is 0 Å². The number of methoxy groups -OCH3 is 1. The maximum absolute atomic E-state index is 12.7. The van der Waals surface area contributed by atoms with Gasteiger partial charge in [-0.2, -0.15) is 0 Å². The molecule has 2 aromatic rings. The molecule has 0 bridgehead atoms. The van der Waals surface area contributed by atoms with Crippen LogP contribution in [0.4, 0.5) is 5.69 Å². The zero-order chi connectivity index (χ0) is 19.9. The van der Waals surface area contributed by atoms with Crippen LogP contribution in [0.2, 0.25) is 0 Å². The number of hydrogen-bond acceptors (Lipinski definition) is 5. The predicted octanol–water partition coefficient (Wildman–Crippen LogP) is 4.21. The fourth-order valence-corrected chi connectivity index (χ4v) is 3.28. The van der Waals surface area contributed by atoms with Crippen LogP contribution in [0, 0.1) is 5.92 Å². The monoisotopic (exact) mass is 381 g/mol. The molecule has 2 aromatic carbocycles. The molecular formula is C22H23NO5. The highest BCUT2D eigenvalue weighted by molar-refractivity contribution is 6.06. The lowest BCUT2D eigenvalue weighted by Crippen LogP contribution is -2.24. The summed E-state index contributed by atoms with van der Waals surface area (Å²) in [7, 11) is 1.31. The van der Waals surface area contributed by atoms with Gasteiger partial charge in [0.1, 0.15) is 5.75 Å². The minimum atomic E-state index is -0.446. The van der Waals surface area contributed by atoms with Crippen LogP contribution < -0.4 is 10.1 Å². The van der Waals surface area contributed by atoms with Gasteiger partial charge < -0.3 is 14.8 Å². The molecule has 1 aliphatic carbocycles. The van der Waals surface area contributed by atoms with Crippen molar-refractivity contribution in [3.8, 4) is 5.75 Å². The summed E-state index contributed by atoms with van der Waals surface area (Å²) in [6, 6.07) is 13.0. The van der Waals surface area contributed by atoms with Gasteiger partial charge >= 0.3 is 11.9 Å². The molecule has 146 valence electrons. The lowest BCUT2D eigenvalue weighted by molar-refractivity contribution is -0.140. The first-order valence-corrected chi connectivity index (χ1v) is 9.39. The molecule has 28 heavy (non-hydrogen) atoms. The molecular weight excluding hydrogens is 358 g/mol. The summed E-state index contributed by atoms with van der Waals surface area (Å²) in [4.78, 5) is 36.6. The Kier molecular flexibility index (Phi) is 6.42. The smallest absolute Gasteiger partial charge is 0.337 e. The van der Waals surface area contributed by atoms with Gasteiger partial charge in [-0.05, 0) is 49.2 Å². The Balaban J connectivity index is 1.70. The van der Waals surface area contributed by atoms with Gasteiger partial charge in [0.25, 0.3) is 5.91 Å². The van der Waals surface area contributed by atoms with Crippen LogP contribution in [-0.4, -0.2) is 25.0 Å². The summed E-state index contributed by atoms with van der Waals surface area (Å²) in [6.45, 7) is 0. The molecule has 3 rings (SSSR count). The van der Waals surface area contributed by atoms with Crippen LogP contribution in [0.5, 0.6) is 5.75 Å². The van der Waals surface area contributed by atoms with E-state index in [1.165, 1.54) is 7.11 Å². The number of rotatable bonds is 5. The highest BCUT2D eigenvalue weighted by atomic mass is 16.5. The molecule has 6 heteroatoms. The first kappa shape index (κ1) is 19.6. The lowest BCUT2D eigenvalue weighted by Gasteiger charge is -2.20. The van der Waals surface area contributed by atoms with E-state index in [1.807, 2.05) is 0 Å². The van der Waals surface area contributed by atoms with E-state index in [2.05, 4.69) is 10.1 Å². The average molecular weight is 381 g/mol. The zero-order valence-corrected chi connectivity index (χ0v) is 15.8. The van der Waals surface area contributed by atoms with Crippen molar-refractivity contribution in [1.82, 2.24) is 0 Å². The second kappa shape index (κ2) is 9.17. The van der Waals surface area contributed by atoms with Crippen molar-refractivity contribution >= 4 is 23.5 Å². The molecule has 0 saturated heterocycles. The topological polar surface area (TPSA) is 81.7 Å². The van der Waals surface area contributed by atoms with E-state index in [4.69, 9.17) is 4.74 Å². The van der Waals surface area contributed by atoms with Gasteiger partial charge in [-0.1, -0.05) is 31.4 Å². The molecule has 1 saturated carbocycles. The number of nitrogens with one attached hydrogen (secondary N) is 1. The van der Waals surface area contributed by atoms with E-state index in [-0.39, 0.29) is 23.2 Å². The molecule has 0 radical (unpaired) electrons. The Hall–Kier alpha value is -3.15. The Morgan fingerprint density at radius 1 is 0.929 bits per heavy atom. The van der Waals surface area contributed by atoms with Crippen molar-refractivity contribution in [2.24, 2.45) is 5.92 Å². The Bertz CT molecular complexity index is 853. The van der Waals surface area contributed by atoms with Gasteiger partial charge in [0.05, 0.1) is 24.2 Å². The molecule has 1 amide bonds. The third-order valence-corrected chi connectivity index (χ3v) is 4.84. The van der Waals surface area contributed by atoms with Crippen LogP contribution in [0.15, 0.2) is 48.5 Å². The van der Waals surface area contributed by atoms with Crippen LogP contribution in [0.3, 0.4) is 0 Å². The highest BCUT2D eigenvalue weighted by Gasteiger charge is 2.24. The third-order valence-electron chi connectivity index (χ3n) is 4.84. The van der Waals surface area contributed by atoms with Crippen molar-refractivity contribution in [3.05, 3.63) is 59.7 Å². The van der Waals surface area contributed by atoms with E-state index in [0.29, 0.717) is 11.3 Å².